The number of ether oxygens (including phenoxy) is 1. The van der Waals surface area contributed by atoms with E-state index < -0.39 is 0 Å². The number of nitrogens with two attached hydrogens (primary N) is 1. The molecular formula is C14H20N2O. The largest absolute Gasteiger partial charge is 0.497 e. The molecule has 0 saturated carbocycles. The molecule has 0 fully saturated rings. The molecule has 1 aromatic carbocycles. The molecule has 1 aromatic heterocycles. The molecule has 3 heteroatoms. The number of hydrogen-bond acceptors (Lipinski definition) is 2. The summed E-state index contributed by atoms with van der Waals surface area (Å²) in [7, 11) is 1.69. The van der Waals surface area contributed by atoms with Gasteiger partial charge in [0, 0.05) is 17.1 Å². The van der Waals surface area contributed by atoms with Crippen molar-refractivity contribution in [2.75, 3.05) is 13.7 Å². The summed E-state index contributed by atoms with van der Waals surface area (Å²) in [6, 6.07) is 6.11. The van der Waals surface area contributed by atoms with Gasteiger partial charge in [0.1, 0.15) is 5.75 Å². The first kappa shape index (κ1) is 12.0. The lowest BCUT2D eigenvalue weighted by molar-refractivity contribution is 0.415. The predicted molar refractivity (Wildman–Crippen MR) is 71.5 cm³/mol. The van der Waals surface area contributed by atoms with Gasteiger partial charge in [-0.25, -0.2) is 0 Å². The summed E-state index contributed by atoms with van der Waals surface area (Å²) in [5.41, 5.74) is 8.22. The van der Waals surface area contributed by atoms with Crippen molar-refractivity contribution < 1.29 is 4.74 Å². The van der Waals surface area contributed by atoms with Gasteiger partial charge in [-0.05, 0) is 42.1 Å². The first-order valence-corrected chi connectivity index (χ1v) is 5.94. The normalized spacial score (nSPS) is 12.0. The van der Waals surface area contributed by atoms with E-state index in [0.29, 0.717) is 6.54 Å². The van der Waals surface area contributed by atoms with Gasteiger partial charge in [0.15, 0.2) is 0 Å². The molecule has 0 unspecified atom stereocenters. The molecule has 2 rings (SSSR count). The predicted octanol–water partition coefficient (Wildman–Crippen LogP) is 2.80. The molecule has 0 radical (unpaired) electrons. The minimum Gasteiger partial charge on any atom is -0.497 e. The average Bonchev–Trinajstić information content (AvgIpc) is 2.71. The molecule has 0 amide bonds. The maximum atomic E-state index is 5.69. The molecule has 0 aliphatic carbocycles. The van der Waals surface area contributed by atoms with Crippen molar-refractivity contribution in [1.29, 1.82) is 0 Å². The summed E-state index contributed by atoms with van der Waals surface area (Å²) in [6.07, 6.45) is 3.05. The van der Waals surface area contributed by atoms with Crippen LogP contribution in [0.2, 0.25) is 0 Å². The molecule has 0 aliphatic heterocycles. The Labute approximate surface area is 102 Å². The van der Waals surface area contributed by atoms with Gasteiger partial charge in [-0.3, -0.25) is 0 Å². The molecule has 0 saturated heterocycles. The van der Waals surface area contributed by atoms with Crippen LogP contribution in [0, 0.1) is 0 Å². The van der Waals surface area contributed by atoms with E-state index in [1.165, 1.54) is 10.9 Å². The fourth-order valence-electron chi connectivity index (χ4n) is 2.28. The third-order valence-corrected chi connectivity index (χ3v) is 3.39. The van der Waals surface area contributed by atoms with Crippen LogP contribution in [0.5, 0.6) is 5.75 Å². The van der Waals surface area contributed by atoms with Gasteiger partial charge in [0.2, 0.25) is 0 Å². The molecule has 92 valence electrons. The second kappa shape index (κ2) is 4.41. The van der Waals surface area contributed by atoms with Gasteiger partial charge in [0.25, 0.3) is 0 Å². The molecule has 1 heterocycles. The number of hydrogen-bond donors (Lipinski definition) is 2. The van der Waals surface area contributed by atoms with Crippen molar-refractivity contribution in [3.8, 4) is 5.75 Å². The van der Waals surface area contributed by atoms with E-state index in [9.17, 15) is 0 Å². The molecule has 17 heavy (non-hydrogen) atoms. The van der Waals surface area contributed by atoms with Crippen LogP contribution in [0.15, 0.2) is 24.4 Å². The van der Waals surface area contributed by atoms with Gasteiger partial charge in [-0.15, -0.1) is 0 Å². The maximum absolute atomic E-state index is 5.69. The van der Waals surface area contributed by atoms with Crippen molar-refractivity contribution in [1.82, 2.24) is 4.98 Å². The third-order valence-electron chi connectivity index (χ3n) is 3.39. The topological polar surface area (TPSA) is 51.0 Å². The Morgan fingerprint density at radius 1 is 1.35 bits per heavy atom. The monoisotopic (exact) mass is 232 g/mol. The SMILES string of the molecule is COc1ccc2[nH]cc(C(C)(C)CCN)c2c1. The van der Waals surface area contributed by atoms with E-state index in [1.54, 1.807) is 7.11 Å². The zero-order valence-corrected chi connectivity index (χ0v) is 10.7. The van der Waals surface area contributed by atoms with E-state index in [-0.39, 0.29) is 5.41 Å². The van der Waals surface area contributed by atoms with Crippen LogP contribution in [0.4, 0.5) is 0 Å². The van der Waals surface area contributed by atoms with Crippen LogP contribution in [0.3, 0.4) is 0 Å². The number of aromatic amines is 1. The lowest BCUT2D eigenvalue weighted by Crippen LogP contribution is -2.21. The molecule has 3 nitrogen and oxygen atoms in total. The Kier molecular flexibility index (Phi) is 3.11. The van der Waals surface area contributed by atoms with E-state index in [0.717, 1.165) is 17.7 Å². The van der Waals surface area contributed by atoms with Gasteiger partial charge < -0.3 is 15.5 Å². The van der Waals surface area contributed by atoms with Crippen molar-refractivity contribution in [2.24, 2.45) is 5.73 Å². The van der Waals surface area contributed by atoms with Crippen LogP contribution in [0.1, 0.15) is 25.8 Å². The summed E-state index contributed by atoms with van der Waals surface area (Å²) in [4.78, 5) is 3.31. The Hall–Kier alpha value is -1.48. The van der Waals surface area contributed by atoms with Gasteiger partial charge in [0.05, 0.1) is 7.11 Å². The molecule has 0 bridgehead atoms. The number of H-pyrrole nitrogens is 1. The van der Waals surface area contributed by atoms with Crippen LogP contribution in [-0.4, -0.2) is 18.6 Å². The number of rotatable bonds is 4. The van der Waals surface area contributed by atoms with Crippen LogP contribution < -0.4 is 10.5 Å². The lowest BCUT2D eigenvalue weighted by atomic mass is 9.81. The fourth-order valence-corrected chi connectivity index (χ4v) is 2.28. The molecule has 2 aromatic rings. The average molecular weight is 232 g/mol. The van der Waals surface area contributed by atoms with Crippen molar-refractivity contribution >= 4 is 10.9 Å². The highest BCUT2D eigenvalue weighted by molar-refractivity contribution is 5.85. The van der Waals surface area contributed by atoms with Crippen molar-refractivity contribution in [2.45, 2.75) is 25.7 Å². The van der Waals surface area contributed by atoms with Gasteiger partial charge >= 0.3 is 0 Å². The highest BCUT2D eigenvalue weighted by Crippen LogP contribution is 2.34. The number of fused-ring (bicyclic) bond motifs is 1. The van der Waals surface area contributed by atoms with E-state index in [2.05, 4.69) is 37.2 Å². The smallest absolute Gasteiger partial charge is 0.119 e. The number of methoxy groups -OCH3 is 1. The Bertz CT molecular complexity index is 514. The Morgan fingerprint density at radius 3 is 2.76 bits per heavy atom. The first-order valence-electron chi connectivity index (χ1n) is 5.94. The van der Waals surface area contributed by atoms with E-state index in [4.69, 9.17) is 10.5 Å². The lowest BCUT2D eigenvalue weighted by Gasteiger charge is -2.23. The van der Waals surface area contributed by atoms with Crippen LogP contribution >= 0.6 is 0 Å². The van der Waals surface area contributed by atoms with E-state index >= 15 is 0 Å². The van der Waals surface area contributed by atoms with Gasteiger partial charge in [-0.1, -0.05) is 13.8 Å². The Morgan fingerprint density at radius 2 is 2.12 bits per heavy atom. The summed E-state index contributed by atoms with van der Waals surface area (Å²) in [6.45, 7) is 5.15. The van der Waals surface area contributed by atoms with E-state index in [1.807, 2.05) is 6.07 Å². The highest BCUT2D eigenvalue weighted by atomic mass is 16.5. The highest BCUT2D eigenvalue weighted by Gasteiger charge is 2.23. The van der Waals surface area contributed by atoms with Crippen molar-refractivity contribution in [3.05, 3.63) is 30.0 Å². The minimum atomic E-state index is 0.0827. The fraction of sp³-hybridized carbons (Fsp3) is 0.429. The summed E-state index contributed by atoms with van der Waals surface area (Å²) >= 11 is 0. The first-order chi connectivity index (χ1) is 8.08. The number of aromatic nitrogens is 1. The second-order valence-corrected chi connectivity index (χ2v) is 5.04. The maximum Gasteiger partial charge on any atom is 0.119 e. The Balaban J connectivity index is 2.54. The number of benzene rings is 1. The zero-order valence-electron chi connectivity index (χ0n) is 10.7. The standard InChI is InChI=1S/C14H20N2O/c1-14(2,6-7-15)12-9-16-13-5-4-10(17-3)8-11(12)13/h4-5,8-9,16H,6-7,15H2,1-3H3. The van der Waals surface area contributed by atoms with Crippen LogP contribution in [-0.2, 0) is 5.41 Å². The summed E-state index contributed by atoms with van der Waals surface area (Å²) in [5, 5.41) is 1.22. The molecule has 3 N–H and O–H groups in total. The number of nitrogens with one attached hydrogen (secondary N) is 1. The van der Waals surface area contributed by atoms with Crippen LogP contribution in [0.25, 0.3) is 10.9 Å². The molecule has 0 aliphatic rings. The zero-order chi connectivity index (χ0) is 12.5. The third kappa shape index (κ3) is 2.15. The summed E-state index contributed by atoms with van der Waals surface area (Å²) in [5.74, 6) is 0.891. The minimum absolute atomic E-state index is 0.0827. The second-order valence-electron chi connectivity index (χ2n) is 5.04. The van der Waals surface area contributed by atoms with Crippen molar-refractivity contribution in [3.63, 3.8) is 0 Å². The van der Waals surface area contributed by atoms with Gasteiger partial charge in [-0.2, -0.15) is 0 Å². The molecule has 0 spiro atoms. The quantitative estimate of drug-likeness (QED) is 0.851. The summed E-state index contributed by atoms with van der Waals surface area (Å²) < 4.78 is 5.28. The molecular weight excluding hydrogens is 212 g/mol. The molecule has 0 atom stereocenters.